The fourth-order valence-corrected chi connectivity index (χ4v) is 3.82. The second-order valence-corrected chi connectivity index (χ2v) is 7.71. The predicted octanol–water partition coefficient (Wildman–Crippen LogP) is 4.00. The summed E-state index contributed by atoms with van der Waals surface area (Å²) < 4.78 is 5.52. The molecule has 0 atom stereocenters. The highest BCUT2D eigenvalue weighted by Gasteiger charge is 2.08. The number of aromatic nitrogens is 2. The molecule has 0 aliphatic heterocycles. The van der Waals surface area contributed by atoms with E-state index in [1.807, 2.05) is 24.4 Å². The van der Waals surface area contributed by atoms with Crippen LogP contribution >= 0.6 is 46.7 Å². The molecule has 2 N–H and O–H groups in total. The van der Waals surface area contributed by atoms with Gasteiger partial charge in [0.2, 0.25) is 5.89 Å². The van der Waals surface area contributed by atoms with E-state index in [4.69, 9.17) is 4.42 Å². The molecule has 0 spiro atoms. The zero-order valence-corrected chi connectivity index (χ0v) is 18.9. The highest BCUT2D eigenvalue weighted by Crippen LogP contribution is 2.23. The van der Waals surface area contributed by atoms with Crippen molar-refractivity contribution in [1.29, 1.82) is 0 Å². The Labute approximate surface area is 178 Å². The Bertz CT molecular complexity index is 822. The van der Waals surface area contributed by atoms with Crippen LogP contribution in [0.5, 0.6) is 0 Å². The summed E-state index contributed by atoms with van der Waals surface area (Å²) in [5.74, 6) is 1.40. The highest BCUT2D eigenvalue weighted by molar-refractivity contribution is 14.0. The Morgan fingerprint density at radius 3 is 2.77 bits per heavy atom. The maximum Gasteiger partial charge on any atom is 0.236 e. The molecule has 9 heteroatoms. The van der Waals surface area contributed by atoms with Crippen LogP contribution in [0, 0.1) is 13.8 Å². The number of thiophene rings is 1. The lowest BCUT2D eigenvalue weighted by atomic mass is 10.4. The number of aliphatic imine (C=N–C) groups is 1. The Morgan fingerprint density at radius 2 is 2.12 bits per heavy atom. The number of guanidine groups is 1. The predicted molar refractivity (Wildman–Crippen MR) is 119 cm³/mol. The zero-order valence-electron chi connectivity index (χ0n) is 14.9. The summed E-state index contributed by atoms with van der Waals surface area (Å²) >= 11 is 3.36. The molecule has 140 valence electrons. The molecular weight excluding hydrogens is 481 g/mol. The van der Waals surface area contributed by atoms with Crippen LogP contribution in [0.2, 0.25) is 0 Å². The molecule has 0 amide bonds. The number of aryl methyl sites for hydroxylation is 2. The van der Waals surface area contributed by atoms with Crippen molar-refractivity contribution >= 4 is 52.6 Å². The Hall–Kier alpha value is -1.46. The fourth-order valence-electron chi connectivity index (χ4n) is 2.23. The van der Waals surface area contributed by atoms with Crippen LogP contribution in [0.25, 0.3) is 10.8 Å². The number of nitrogens with one attached hydrogen (secondary N) is 2. The van der Waals surface area contributed by atoms with Gasteiger partial charge < -0.3 is 15.1 Å². The SMILES string of the molecule is CN=C(NCCc1nc(C)c(C)s1)NCc1coc(-c2cccs2)n1.I. The summed E-state index contributed by atoms with van der Waals surface area (Å²) in [5, 5.41) is 9.71. The van der Waals surface area contributed by atoms with E-state index in [0.29, 0.717) is 12.4 Å². The number of nitrogens with zero attached hydrogens (tertiary/aromatic N) is 3. The highest BCUT2D eigenvalue weighted by atomic mass is 127. The van der Waals surface area contributed by atoms with Crippen LogP contribution in [0.4, 0.5) is 0 Å². The van der Waals surface area contributed by atoms with E-state index >= 15 is 0 Å². The van der Waals surface area contributed by atoms with Gasteiger partial charge in [0.15, 0.2) is 5.96 Å². The van der Waals surface area contributed by atoms with Crippen molar-refractivity contribution in [3.63, 3.8) is 0 Å². The molecule has 6 nitrogen and oxygen atoms in total. The Kier molecular flexibility index (Phi) is 8.04. The third kappa shape index (κ3) is 5.52. The fraction of sp³-hybridized carbons (Fsp3) is 0.353. The molecule has 3 aromatic heterocycles. The summed E-state index contributed by atoms with van der Waals surface area (Å²) in [6, 6.07) is 3.98. The summed E-state index contributed by atoms with van der Waals surface area (Å²) in [6.45, 7) is 5.49. The van der Waals surface area contributed by atoms with Gasteiger partial charge in [-0.25, -0.2) is 9.97 Å². The minimum atomic E-state index is 0. The van der Waals surface area contributed by atoms with Crippen LogP contribution in [-0.2, 0) is 13.0 Å². The van der Waals surface area contributed by atoms with E-state index < -0.39 is 0 Å². The maximum absolute atomic E-state index is 5.52. The molecule has 0 radical (unpaired) electrons. The van der Waals surface area contributed by atoms with Crippen molar-refractivity contribution in [1.82, 2.24) is 20.6 Å². The van der Waals surface area contributed by atoms with Gasteiger partial charge in [-0.2, -0.15) is 0 Å². The molecule has 0 unspecified atom stereocenters. The number of rotatable bonds is 6. The van der Waals surface area contributed by atoms with Gasteiger partial charge in [0, 0.05) is 24.9 Å². The lowest BCUT2D eigenvalue weighted by molar-refractivity contribution is 0.573. The minimum Gasteiger partial charge on any atom is -0.443 e. The first-order valence-electron chi connectivity index (χ1n) is 8.01. The van der Waals surface area contributed by atoms with Crippen molar-refractivity contribution in [3.05, 3.63) is 45.0 Å². The van der Waals surface area contributed by atoms with Crippen LogP contribution in [0.15, 0.2) is 33.2 Å². The van der Waals surface area contributed by atoms with Gasteiger partial charge >= 0.3 is 0 Å². The van der Waals surface area contributed by atoms with Crippen LogP contribution in [0.3, 0.4) is 0 Å². The topological polar surface area (TPSA) is 75.3 Å². The largest absolute Gasteiger partial charge is 0.443 e. The molecule has 0 aliphatic rings. The van der Waals surface area contributed by atoms with E-state index in [0.717, 1.165) is 40.2 Å². The van der Waals surface area contributed by atoms with E-state index in [2.05, 4.69) is 32.5 Å². The summed E-state index contributed by atoms with van der Waals surface area (Å²) in [7, 11) is 1.76. The van der Waals surface area contributed by atoms with Crippen molar-refractivity contribution in [2.75, 3.05) is 13.6 Å². The minimum absolute atomic E-state index is 0. The van der Waals surface area contributed by atoms with Crippen molar-refractivity contribution in [3.8, 4) is 10.8 Å². The van der Waals surface area contributed by atoms with Gasteiger partial charge in [-0.05, 0) is 25.3 Å². The van der Waals surface area contributed by atoms with Crippen molar-refractivity contribution in [2.24, 2.45) is 4.99 Å². The van der Waals surface area contributed by atoms with Crippen molar-refractivity contribution in [2.45, 2.75) is 26.8 Å². The van der Waals surface area contributed by atoms with E-state index in [1.165, 1.54) is 4.88 Å². The number of hydrogen-bond acceptors (Lipinski definition) is 6. The molecule has 0 saturated heterocycles. The molecule has 3 aromatic rings. The molecule has 26 heavy (non-hydrogen) atoms. The summed E-state index contributed by atoms with van der Waals surface area (Å²) in [5.41, 5.74) is 1.97. The molecule has 3 heterocycles. The molecule has 0 aromatic carbocycles. The average Bonchev–Trinajstić information content (AvgIpc) is 3.33. The molecule has 0 bridgehead atoms. The van der Waals surface area contributed by atoms with Crippen LogP contribution < -0.4 is 10.6 Å². The number of oxazole rings is 1. The van der Waals surface area contributed by atoms with Crippen molar-refractivity contribution < 1.29 is 4.42 Å². The lowest BCUT2D eigenvalue weighted by Gasteiger charge is -2.09. The Balaban J connectivity index is 0.00000243. The molecular formula is C17H22IN5OS2. The van der Waals surface area contributed by atoms with Gasteiger partial charge in [-0.3, -0.25) is 4.99 Å². The smallest absolute Gasteiger partial charge is 0.236 e. The molecule has 0 aliphatic carbocycles. The lowest BCUT2D eigenvalue weighted by Crippen LogP contribution is -2.37. The monoisotopic (exact) mass is 503 g/mol. The number of thiazole rings is 1. The summed E-state index contributed by atoms with van der Waals surface area (Å²) in [4.78, 5) is 15.6. The van der Waals surface area contributed by atoms with Crippen LogP contribution in [-0.4, -0.2) is 29.5 Å². The average molecular weight is 503 g/mol. The first-order chi connectivity index (χ1) is 12.2. The Morgan fingerprint density at radius 1 is 1.27 bits per heavy atom. The first-order valence-corrected chi connectivity index (χ1v) is 9.71. The second-order valence-electron chi connectivity index (χ2n) is 5.47. The van der Waals surface area contributed by atoms with Gasteiger partial charge in [0.1, 0.15) is 6.26 Å². The van der Waals surface area contributed by atoms with Crippen LogP contribution in [0.1, 0.15) is 21.3 Å². The van der Waals surface area contributed by atoms with E-state index in [-0.39, 0.29) is 24.0 Å². The molecule has 3 rings (SSSR count). The summed E-state index contributed by atoms with van der Waals surface area (Å²) in [6.07, 6.45) is 2.56. The second kappa shape index (κ2) is 10.0. The third-order valence-electron chi connectivity index (χ3n) is 3.65. The quantitative estimate of drug-likeness (QED) is 0.302. The van der Waals surface area contributed by atoms with Gasteiger partial charge in [-0.15, -0.1) is 46.7 Å². The van der Waals surface area contributed by atoms with Gasteiger partial charge in [0.25, 0.3) is 0 Å². The van der Waals surface area contributed by atoms with Gasteiger partial charge in [0.05, 0.1) is 27.8 Å². The normalized spacial score (nSPS) is 11.3. The zero-order chi connectivity index (χ0) is 17.6. The van der Waals surface area contributed by atoms with E-state index in [1.54, 1.807) is 36.0 Å². The van der Waals surface area contributed by atoms with Gasteiger partial charge in [-0.1, -0.05) is 6.07 Å². The third-order valence-corrected chi connectivity index (χ3v) is 5.64. The number of hydrogen-bond donors (Lipinski definition) is 2. The maximum atomic E-state index is 5.52. The standard InChI is InChI=1S/C17H21N5OS2.HI/c1-11-12(2)25-15(21-11)6-7-19-17(18-3)20-9-13-10-23-16(22-13)14-5-4-8-24-14;/h4-5,8,10H,6-7,9H2,1-3H3,(H2,18,19,20);1H. The van der Waals surface area contributed by atoms with E-state index in [9.17, 15) is 0 Å². The molecule has 0 fully saturated rings. The molecule has 0 saturated carbocycles. The number of halogens is 1. The first kappa shape index (κ1) is 20.8.